The van der Waals surface area contributed by atoms with Crippen LogP contribution < -0.4 is 51.6 Å². The van der Waals surface area contributed by atoms with Gasteiger partial charge in [0, 0.05) is 26.9 Å². The first kappa shape index (κ1) is 71.3. The zero-order chi connectivity index (χ0) is 49.9. The smallest absolute Gasteiger partial charge is 0.323 e. The molecule has 0 heterocycles. The standard InChI is InChI=1S/2C6H14N4O2.C4H9NO3.C4H6O4.2C3H7NO2.2C2H4O2/c2*7-4(5(11)12)2-1-3-10-6(8)9;1-2(6)3(5)4(7)8;5-3(6)1-2-4(7)8;2*1-2(4)3(5)6;2*1-2(3)4/h2*4H,1-3,7H2,(H,11,12)(H4,8,9,10);2-3,6H,5H2,1H3,(H,7,8);1-2H2,(H,5,6)(H,7,8);2*2H,4H2,1H3,(H,5,6);2*1H3,(H,3,4)/t2*4-;2-,3+;;2*2-;;/m001.00../s1. The number of hydrogen-bond donors (Lipinski definition) is 19. The van der Waals surface area contributed by atoms with E-state index in [1.165, 1.54) is 20.8 Å². The van der Waals surface area contributed by atoms with Crippen molar-refractivity contribution in [2.75, 3.05) is 13.1 Å². The SMILES string of the molecule is CC(=O)O.CC(=O)O.C[C@@H](O)[C@H](N)C(=O)O.C[C@H](N)C(=O)O.C[C@H](N)C(=O)O.NC(N)=NCCC[C@H](N)C(=O)O.NC(N)=NCCC[C@H](N)C(=O)O.O=C(O)CCC(=O)O. The molecule has 0 bridgehead atoms. The van der Waals surface area contributed by atoms with E-state index >= 15 is 0 Å². The Morgan fingerprint density at radius 2 is 0.683 bits per heavy atom. The molecule has 6 atom stereocenters. The lowest BCUT2D eigenvalue weighted by molar-refractivity contribution is -0.143. The van der Waals surface area contributed by atoms with Gasteiger partial charge >= 0.3 is 41.8 Å². The summed E-state index contributed by atoms with van der Waals surface area (Å²) < 4.78 is 0. The van der Waals surface area contributed by atoms with Crippen LogP contribution in [0.4, 0.5) is 0 Å². The van der Waals surface area contributed by atoms with Crippen molar-refractivity contribution in [1.29, 1.82) is 0 Å². The quantitative estimate of drug-likeness (QED) is 0.0368. The summed E-state index contributed by atoms with van der Waals surface area (Å²) in [6, 6.07) is -4.26. The predicted octanol–water partition coefficient (Wildman–Crippen LogP) is -5.36. The van der Waals surface area contributed by atoms with Crippen molar-refractivity contribution in [2.24, 2.45) is 61.6 Å². The highest BCUT2D eigenvalue weighted by Crippen LogP contribution is 1.95. The number of carboxylic acids is 9. The Morgan fingerprint density at radius 1 is 0.467 bits per heavy atom. The monoisotopic (exact) mass is 883 g/mol. The number of guanidine groups is 2. The summed E-state index contributed by atoms with van der Waals surface area (Å²) in [5.74, 6) is -8.90. The molecule has 30 nitrogen and oxygen atoms in total. The molecular formula is C30H65N11O19. The second-order valence-electron chi connectivity index (χ2n) is 11.0. The molecule has 0 aliphatic carbocycles. The second kappa shape index (κ2) is 46.9. The third kappa shape index (κ3) is 98.6. The van der Waals surface area contributed by atoms with Gasteiger partial charge in [0.25, 0.3) is 11.9 Å². The van der Waals surface area contributed by atoms with Crippen molar-refractivity contribution in [1.82, 2.24) is 0 Å². The third-order valence-corrected chi connectivity index (χ3v) is 4.71. The molecule has 0 unspecified atom stereocenters. The first-order valence-electron chi connectivity index (χ1n) is 16.5. The van der Waals surface area contributed by atoms with Crippen molar-refractivity contribution in [2.45, 2.75) is 109 Å². The molecule has 60 heavy (non-hydrogen) atoms. The summed E-state index contributed by atoms with van der Waals surface area (Å²) >= 11 is 0. The van der Waals surface area contributed by atoms with Crippen LogP contribution in [-0.2, 0) is 43.2 Å². The van der Waals surface area contributed by atoms with Crippen LogP contribution in [0.3, 0.4) is 0 Å². The summed E-state index contributed by atoms with van der Waals surface area (Å²) in [4.78, 5) is 94.1. The van der Waals surface area contributed by atoms with E-state index < -0.39 is 90.0 Å². The van der Waals surface area contributed by atoms with Gasteiger partial charge in [-0.25, -0.2) is 0 Å². The lowest BCUT2D eigenvalue weighted by Crippen LogP contribution is -2.39. The van der Waals surface area contributed by atoms with E-state index in [2.05, 4.69) is 9.98 Å². The van der Waals surface area contributed by atoms with Crippen LogP contribution in [0, 0.1) is 0 Å². The molecule has 0 aromatic carbocycles. The lowest BCUT2D eigenvalue weighted by Gasteiger charge is -2.06. The van der Waals surface area contributed by atoms with Gasteiger partial charge in [-0.3, -0.25) is 53.1 Å². The van der Waals surface area contributed by atoms with E-state index in [9.17, 15) is 33.6 Å². The number of aliphatic imine (C=N–C) groups is 2. The minimum atomic E-state index is -1.18. The largest absolute Gasteiger partial charge is 0.481 e. The van der Waals surface area contributed by atoms with Gasteiger partial charge in [-0.1, -0.05) is 0 Å². The molecule has 28 N–H and O–H groups in total. The number of rotatable bonds is 17. The highest BCUT2D eigenvalue weighted by atomic mass is 16.4. The molecule has 0 saturated carbocycles. The van der Waals surface area contributed by atoms with Crippen molar-refractivity contribution in [3.8, 4) is 0 Å². The maximum atomic E-state index is 10.2. The van der Waals surface area contributed by atoms with Gasteiger partial charge in [-0.15, -0.1) is 0 Å². The number of nitrogens with zero attached hydrogens (tertiary/aromatic N) is 2. The molecule has 0 radical (unpaired) electrons. The zero-order valence-corrected chi connectivity index (χ0v) is 33.9. The number of aliphatic carboxylic acids is 9. The minimum absolute atomic E-state index is 0.0129. The Kier molecular flexibility index (Phi) is 55.7. The summed E-state index contributed by atoms with van der Waals surface area (Å²) in [5.41, 5.74) is 45.2. The molecule has 30 heteroatoms. The lowest BCUT2D eigenvalue weighted by atomic mass is 10.2. The van der Waals surface area contributed by atoms with E-state index in [0.29, 0.717) is 38.8 Å². The predicted molar refractivity (Wildman–Crippen MR) is 212 cm³/mol. The molecule has 0 aromatic rings. The zero-order valence-electron chi connectivity index (χ0n) is 33.9. The normalized spacial score (nSPS) is 11.8. The average molecular weight is 884 g/mol. The molecule has 0 aliphatic rings. The fourth-order valence-electron chi connectivity index (χ4n) is 1.71. The minimum Gasteiger partial charge on any atom is -0.481 e. The fourth-order valence-corrected chi connectivity index (χ4v) is 1.71. The van der Waals surface area contributed by atoms with Crippen LogP contribution in [0.2, 0.25) is 0 Å². The van der Waals surface area contributed by atoms with Gasteiger partial charge in [0.05, 0.1) is 18.9 Å². The highest BCUT2D eigenvalue weighted by Gasteiger charge is 2.16. The number of aliphatic hydroxyl groups is 1. The van der Waals surface area contributed by atoms with Gasteiger partial charge in [0.1, 0.15) is 30.2 Å². The maximum absolute atomic E-state index is 10.2. The molecule has 0 aromatic heterocycles. The molecule has 0 saturated heterocycles. The van der Waals surface area contributed by atoms with E-state index in [0.717, 1.165) is 13.8 Å². The molecule has 0 spiro atoms. The Balaban J connectivity index is -0.0000000884. The Bertz CT molecular complexity index is 1200. The number of hydrogen-bond acceptors (Lipinski definition) is 17. The molecule has 354 valence electrons. The van der Waals surface area contributed by atoms with Crippen LogP contribution in [-0.4, -0.2) is 166 Å². The molecule has 0 aliphatic heterocycles. The Morgan fingerprint density at radius 3 is 0.783 bits per heavy atom. The van der Waals surface area contributed by atoms with Crippen LogP contribution in [0.15, 0.2) is 9.98 Å². The molecular weight excluding hydrogens is 818 g/mol. The van der Waals surface area contributed by atoms with Crippen molar-refractivity contribution < 1.29 is 94.2 Å². The van der Waals surface area contributed by atoms with Gasteiger partial charge < -0.3 is 103 Å². The summed E-state index contributed by atoms with van der Waals surface area (Å²) in [7, 11) is 0. The number of nitrogens with two attached hydrogens (primary N) is 9. The second-order valence-corrected chi connectivity index (χ2v) is 11.0. The fraction of sp³-hybridized carbons (Fsp3) is 0.633. The third-order valence-electron chi connectivity index (χ3n) is 4.71. The first-order valence-corrected chi connectivity index (χ1v) is 16.5. The van der Waals surface area contributed by atoms with Gasteiger partial charge in [-0.05, 0) is 46.5 Å². The molecule has 0 rings (SSSR count). The van der Waals surface area contributed by atoms with Crippen molar-refractivity contribution in [3.05, 3.63) is 0 Å². The van der Waals surface area contributed by atoms with E-state index in [4.69, 9.17) is 112 Å². The van der Waals surface area contributed by atoms with Crippen LogP contribution in [0.5, 0.6) is 0 Å². The van der Waals surface area contributed by atoms with Gasteiger partial charge in [0.15, 0.2) is 11.9 Å². The van der Waals surface area contributed by atoms with Crippen LogP contribution in [0.1, 0.15) is 73.1 Å². The van der Waals surface area contributed by atoms with Crippen molar-refractivity contribution >= 4 is 65.6 Å². The number of carboxylic acid groups (broad SMARTS) is 9. The summed E-state index contributed by atoms with van der Waals surface area (Å²) in [6.45, 7) is 7.18. The van der Waals surface area contributed by atoms with Crippen LogP contribution in [0.25, 0.3) is 0 Å². The van der Waals surface area contributed by atoms with E-state index in [-0.39, 0.29) is 24.8 Å². The van der Waals surface area contributed by atoms with Gasteiger partial charge in [0.2, 0.25) is 0 Å². The average Bonchev–Trinajstić information content (AvgIpc) is 3.07. The molecule has 0 amide bonds. The maximum Gasteiger partial charge on any atom is 0.323 e. The Labute approximate surface area is 344 Å². The Hall–Kier alpha value is -6.47. The van der Waals surface area contributed by atoms with Gasteiger partial charge in [-0.2, -0.15) is 0 Å². The summed E-state index contributed by atoms with van der Waals surface area (Å²) in [5, 5.41) is 79.7. The summed E-state index contributed by atoms with van der Waals surface area (Å²) in [6.07, 6.45) is 0.340. The van der Waals surface area contributed by atoms with Crippen LogP contribution >= 0.6 is 0 Å². The number of aliphatic hydroxyl groups excluding tert-OH is 1. The topological polar surface area (TPSA) is 615 Å². The van der Waals surface area contributed by atoms with E-state index in [1.54, 1.807) is 0 Å². The number of carbonyl (C=O) groups is 9. The van der Waals surface area contributed by atoms with Crippen molar-refractivity contribution in [3.63, 3.8) is 0 Å². The van der Waals surface area contributed by atoms with E-state index in [1.807, 2.05) is 0 Å². The molecule has 0 fully saturated rings. The first-order chi connectivity index (χ1) is 27.0. The highest BCUT2D eigenvalue weighted by molar-refractivity contribution is 5.77.